The van der Waals surface area contributed by atoms with Gasteiger partial charge in [0.25, 0.3) is 0 Å². The maximum Gasteiger partial charge on any atom is 0.429 e. The molecule has 3 nitrogen and oxygen atoms in total. The van der Waals surface area contributed by atoms with Gasteiger partial charge in [0, 0.05) is 11.1 Å². The first-order chi connectivity index (χ1) is 17.6. The lowest BCUT2D eigenvalue weighted by molar-refractivity contribution is -0.239. The summed E-state index contributed by atoms with van der Waals surface area (Å²) >= 11 is 0. The smallest absolute Gasteiger partial charge is 0.426 e. The molecule has 3 aromatic rings. The highest BCUT2D eigenvalue weighted by molar-refractivity contribution is 5.65. The number of hydrogen-bond donors (Lipinski definition) is 0. The molecule has 0 radical (unpaired) electrons. The lowest BCUT2D eigenvalue weighted by Crippen LogP contribution is -2.41. The Morgan fingerprint density at radius 3 is 2.19 bits per heavy atom. The summed E-state index contributed by atoms with van der Waals surface area (Å²) in [6, 6.07) is 11.3. The van der Waals surface area contributed by atoms with Gasteiger partial charge in [-0.05, 0) is 48.2 Å². The molecule has 4 rings (SSSR count). The third-order valence-corrected chi connectivity index (χ3v) is 6.22. The fourth-order valence-corrected chi connectivity index (χ4v) is 4.19. The van der Waals surface area contributed by atoms with Gasteiger partial charge in [-0.1, -0.05) is 50.6 Å². The van der Waals surface area contributed by atoms with Crippen molar-refractivity contribution in [2.24, 2.45) is 0 Å². The number of alkyl halides is 3. The fraction of sp³-hybridized carbons (Fsp3) is 0.357. The second kappa shape index (κ2) is 10.8. The molecule has 0 aliphatic carbocycles. The van der Waals surface area contributed by atoms with E-state index < -0.39 is 46.8 Å². The molecular formula is C28H26F6O3. The van der Waals surface area contributed by atoms with E-state index in [1.165, 1.54) is 0 Å². The molecule has 1 heterocycles. The van der Waals surface area contributed by atoms with Gasteiger partial charge in [0.1, 0.15) is 5.82 Å². The Hall–Kier alpha value is -3.04. The minimum atomic E-state index is -4.33. The highest BCUT2D eigenvalue weighted by Crippen LogP contribution is 2.39. The number of benzene rings is 3. The molecule has 0 saturated carbocycles. The Morgan fingerprint density at radius 2 is 1.59 bits per heavy atom. The van der Waals surface area contributed by atoms with Crippen LogP contribution in [0.3, 0.4) is 0 Å². The number of aryl methyl sites for hydroxylation is 1. The topological polar surface area (TPSA) is 27.7 Å². The molecule has 0 aromatic heterocycles. The first-order valence-electron chi connectivity index (χ1n) is 11.9. The third kappa shape index (κ3) is 5.78. The summed E-state index contributed by atoms with van der Waals surface area (Å²) < 4.78 is 103. The van der Waals surface area contributed by atoms with E-state index in [1.54, 1.807) is 24.3 Å². The van der Waals surface area contributed by atoms with Gasteiger partial charge in [-0.2, -0.15) is 13.2 Å². The summed E-state index contributed by atoms with van der Waals surface area (Å²) in [7, 11) is 0. The van der Waals surface area contributed by atoms with E-state index in [0.717, 1.165) is 42.3 Å². The Kier molecular flexibility index (Phi) is 7.85. The number of rotatable bonds is 8. The van der Waals surface area contributed by atoms with Gasteiger partial charge in [-0.3, -0.25) is 0 Å². The van der Waals surface area contributed by atoms with Crippen LogP contribution in [0.1, 0.15) is 49.7 Å². The Morgan fingerprint density at radius 1 is 0.919 bits per heavy atom. The first kappa shape index (κ1) is 27.0. The van der Waals surface area contributed by atoms with Crippen molar-refractivity contribution in [3.05, 3.63) is 88.7 Å². The molecule has 0 atom stereocenters. The van der Waals surface area contributed by atoms with Crippen molar-refractivity contribution in [2.75, 3.05) is 13.2 Å². The average Bonchev–Trinajstić information content (AvgIpc) is 2.87. The zero-order valence-electron chi connectivity index (χ0n) is 20.3. The standard InChI is InChI=1S/C28H26F6O3/c1-3-13-27(32)15-35-26(36-16-27)19-9-11-21(22(29)14-19)28(33,34)37-23-12-10-20(24(30)25(23)31)18-7-5-17(4-2)6-8-18/h5-12,14,26H,3-4,13,15-16H2,1-2H3. The van der Waals surface area contributed by atoms with Crippen LogP contribution in [0.2, 0.25) is 0 Å². The summed E-state index contributed by atoms with van der Waals surface area (Å²) in [6.45, 7) is 3.19. The normalized spacial score (nSPS) is 20.2. The first-order valence-corrected chi connectivity index (χ1v) is 11.9. The van der Waals surface area contributed by atoms with Crippen molar-refractivity contribution in [3.63, 3.8) is 0 Å². The van der Waals surface area contributed by atoms with Crippen molar-refractivity contribution >= 4 is 0 Å². The van der Waals surface area contributed by atoms with Crippen molar-refractivity contribution in [3.8, 4) is 16.9 Å². The van der Waals surface area contributed by atoms with Gasteiger partial charge >= 0.3 is 6.11 Å². The molecular weight excluding hydrogens is 498 g/mol. The van der Waals surface area contributed by atoms with Crippen LogP contribution < -0.4 is 4.74 Å². The summed E-state index contributed by atoms with van der Waals surface area (Å²) in [5.41, 5.74) is -1.58. The van der Waals surface area contributed by atoms with Crippen molar-refractivity contribution in [2.45, 2.75) is 51.2 Å². The van der Waals surface area contributed by atoms with Gasteiger partial charge in [-0.15, -0.1) is 0 Å². The molecule has 1 fully saturated rings. The number of ether oxygens (including phenoxy) is 3. The fourth-order valence-electron chi connectivity index (χ4n) is 4.19. The van der Waals surface area contributed by atoms with E-state index in [0.29, 0.717) is 12.0 Å². The maximum atomic E-state index is 14.8. The number of halogens is 6. The van der Waals surface area contributed by atoms with Gasteiger partial charge < -0.3 is 14.2 Å². The second-order valence-electron chi connectivity index (χ2n) is 9.00. The lowest BCUT2D eigenvalue weighted by Gasteiger charge is -2.34. The predicted molar refractivity (Wildman–Crippen MR) is 125 cm³/mol. The molecule has 37 heavy (non-hydrogen) atoms. The molecule has 0 unspecified atom stereocenters. The summed E-state index contributed by atoms with van der Waals surface area (Å²) in [5.74, 6) is -5.45. The molecule has 0 bridgehead atoms. The SMILES string of the molecule is CCCC1(F)COC(c2ccc(C(F)(F)Oc3ccc(-c4ccc(CC)cc4)c(F)c3F)c(F)c2)OC1. The molecule has 1 aliphatic heterocycles. The minimum Gasteiger partial charge on any atom is -0.426 e. The van der Waals surface area contributed by atoms with Crippen molar-refractivity contribution in [1.82, 2.24) is 0 Å². The molecule has 9 heteroatoms. The van der Waals surface area contributed by atoms with E-state index in [9.17, 15) is 26.3 Å². The van der Waals surface area contributed by atoms with E-state index in [4.69, 9.17) is 9.47 Å². The van der Waals surface area contributed by atoms with Crippen molar-refractivity contribution < 1.29 is 40.6 Å². The highest BCUT2D eigenvalue weighted by atomic mass is 19.3. The third-order valence-electron chi connectivity index (χ3n) is 6.22. The van der Waals surface area contributed by atoms with Crippen LogP contribution in [0.25, 0.3) is 11.1 Å². The van der Waals surface area contributed by atoms with Crippen LogP contribution in [-0.2, 0) is 22.0 Å². The van der Waals surface area contributed by atoms with Crippen molar-refractivity contribution in [1.29, 1.82) is 0 Å². The zero-order valence-corrected chi connectivity index (χ0v) is 20.3. The van der Waals surface area contributed by atoms with E-state index in [1.807, 2.05) is 13.8 Å². The number of hydrogen-bond acceptors (Lipinski definition) is 3. The molecule has 1 saturated heterocycles. The highest BCUT2D eigenvalue weighted by Gasteiger charge is 2.41. The van der Waals surface area contributed by atoms with Crippen LogP contribution in [0, 0.1) is 17.5 Å². The predicted octanol–water partition coefficient (Wildman–Crippen LogP) is 8.02. The molecule has 0 N–H and O–H groups in total. The quantitative estimate of drug-likeness (QED) is 0.279. The van der Waals surface area contributed by atoms with Gasteiger partial charge in [0.05, 0.1) is 18.8 Å². The van der Waals surface area contributed by atoms with Crippen LogP contribution in [0.5, 0.6) is 5.75 Å². The maximum absolute atomic E-state index is 14.8. The average molecular weight is 525 g/mol. The summed E-state index contributed by atoms with van der Waals surface area (Å²) in [6.07, 6.45) is -3.91. The Labute approximate surface area is 211 Å². The van der Waals surface area contributed by atoms with Crippen LogP contribution in [0.15, 0.2) is 54.6 Å². The molecule has 198 valence electrons. The van der Waals surface area contributed by atoms with E-state index in [2.05, 4.69) is 4.74 Å². The van der Waals surface area contributed by atoms with Gasteiger partial charge in [0.2, 0.25) is 5.82 Å². The van der Waals surface area contributed by atoms with Crippen LogP contribution >= 0.6 is 0 Å². The Bertz CT molecular complexity index is 1240. The second-order valence-corrected chi connectivity index (χ2v) is 9.00. The van der Waals surface area contributed by atoms with E-state index in [-0.39, 0.29) is 30.8 Å². The van der Waals surface area contributed by atoms with E-state index >= 15 is 0 Å². The van der Waals surface area contributed by atoms with Gasteiger partial charge in [0.15, 0.2) is 23.5 Å². The molecule has 0 spiro atoms. The molecule has 0 amide bonds. The minimum absolute atomic E-state index is 0.0614. The Balaban J connectivity index is 1.51. The molecule has 1 aliphatic rings. The summed E-state index contributed by atoms with van der Waals surface area (Å²) in [5, 5.41) is 0. The lowest BCUT2D eigenvalue weighted by atomic mass is 10.0. The van der Waals surface area contributed by atoms with Crippen LogP contribution in [-0.4, -0.2) is 18.9 Å². The largest absolute Gasteiger partial charge is 0.429 e. The zero-order chi connectivity index (χ0) is 26.8. The van der Waals surface area contributed by atoms with Gasteiger partial charge in [-0.25, -0.2) is 13.2 Å². The molecule has 3 aromatic carbocycles. The summed E-state index contributed by atoms with van der Waals surface area (Å²) in [4.78, 5) is 0. The monoisotopic (exact) mass is 524 g/mol. The van der Waals surface area contributed by atoms with Crippen LogP contribution in [0.4, 0.5) is 26.3 Å².